The van der Waals surface area contributed by atoms with Crippen LogP contribution in [0.5, 0.6) is 0 Å². The molecule has 6 nitrogen and oxygen atoms in total. The summed E-state index contributed by atoms with van der Waals surface area (Å²) in [6.07, 6.45) is 2.98. The Bertz CT molecular complexity index is 297. The van der Waals surface area contributed by atoms with Gasteiger partial charge in [-0.15, -0.1) is 0 Å². The minimum atomic E-state index is -0.826. The van der Waals surface area contributed by atoms with Crippen LogP contribution in [-0.2, 0) is 15.6 Å². The van der Waals surface area contributed by atoms with Gasteiger partial charge in [-0.3, -0.25) is 9.00 Å². The van der Waals surface area contributed by atoms with Crippen molar-refractivity contribution in [1.29, 1.82) is 0 Å². The monoisotopic (exact) mass is 278 g/mol. The third kappa shape index (κ3) is 11.4. The normalized spacial score (nSPS) is 13.7. The molecule has 0 rings (SSSR count). The zero-order valence-corrected chi connectivity index (χ0v) is 11.7. The Labute approximate surface area is 110 Å². The zero-order chi connectivity index (χ0) is 14.0. The van der Waals surface area contributed by atoms with Gasteiger partial charge in [0.05, 0.1) is 0 Å². The molecule has 2 unspecified atom stereocenters. The van der Waals surface area contributed by atoms with Crippen molar-refractivity contribution in [2.45, 2.75) is 26.2 Å². The lowest BCUT2D eigenvalue weighted by molar-refractivity contribution is -0.137. The first kappa shape index (κ1) is 16.9. The number of carbonyl (C=O) groups excluding carboxylic acids is 1. The summed E-state index contributed by atoms with van der Waals surface area (Å²) in [5.74, 6) is -0.108. The molecule has 106 valence electrons. The second kappa shape index (κ2) is 9.87. The number of amides is 2. The quantitative estimate of drug-likeness (QED) is 0.537. The Morgan fingerprint density at radius 2 is 2.00 bits per heavy atom. The third-order valence-corrected chi connectivity index (χ3v) is 3.22. The predicted octanol–water partition coefficient (Wildman–Crippen LogP) is 0.555. The van der Waals surface area contributed by atoms with E-state index in [9.17, 15) is 13.8 Å². The summed E-state index contributed by atoms with van der Waals surface area (Å²) in [6, 6.07) is -0.265. The lowest BCUT2D eigenvalue weighted by Crippen LogP contribution is -2.38. The minimum Gasteiger partial charge on any atom is -0.481 e. The van der Waals surface area contributed by atoms with Crippen LogP contribution in [0.15, 0.2) is 0 Å². The average Bonchev–Trinajstić information content (AvgIpc) is 2.29. The molecule has 7 heteroatoms. The van der Waals surface area contributed by atoms with Crippen LogP contribution >= 0.6 is 0 Å². The molecule has 3 N–H and O–H groups in total. The molecule has 0 aromatic heterocycles. The van der Waals surface area contributed by atoms with Crippen molar-refractivity contribution in [2.24, 2.45) is 5.92 Å². The molecule has 0 saturated heterocycles. The summed E-state index contributed by atoms with van der Waals surface area (Å²) >= 11 is 0. The second-order valence-corrected chi connectivity index (χ2v) is 5.86. The summed E-state index contributed by atoms with van der Waals surface area (Å²) in [5.41, 5.74) is 0. The number of nitrogens with one attached hydrogen (secondary N) is 2. The minimum absolute atomic E-state index is 0.118. The highest BCUT2D eigenvalue weighted by molar-refractivity contribution is 7.84. The van der Waals surface area contributed by atoms with Gasteiger partial charge < -0.3 is 15.7 Å². The Morgan fingerprint density at radius 3 is 2.56 bits per heavy atom. The molecule has 0 aliphatic heterocycles. The highest BCUT2D eigenvalue weighted by Gasteiger charge is 2.07. The van der Waals surface area contributed by atoms with Gasteiger partial charge in [0.1, 0.15) is 0 Å². The number of carboxylic acid groups (broad SMARTS) is 1. The zero-order valence-electron chi connectivity index (χ0n) is 10.9. The maximum Gasteiger partial charge on any atom is 0.314 e. The average molecular weight is 278 g/mol. The van der Waals surface area contributed by atoms with Gasteiger partial charge in [-0.25, -0.2) is 4.79 Å². The molecule has 18 heavy (non-hydrogen) atoms. The number of aliphatic carboxylic acids is 1. The van der Waals surface area contributed by atoms with E-state index in [1.165, 1.54) is 0 Å². The Morgan fingerprint density at radius 1 is 1.33 bits per heavy atom. The Hall–Kier alpha value is -1.11. The smallest absolute Gasteiger partial charge is 0.314 e. The van der Waals surface area contributed by atoms with Gasteiger partial charge >= 0.3 is 12.0 Å². The molecule has 0 aromatic rings. The first-order valence-electron chi connectivity index (χ1n) is 5.95. The second-order valence-electron chi connectivity index (χ2n) is 4.31. The first-order valence-corrected chi connectivity index (χ1v) is 7.68. The summed E-state index contributed by atoms with van der Waals surface area (Å²) < 4.78 is 10.8. The van der Waals surface area contributed by atoms with Crippen LogP contribution < -0.4 is 10.6 Å². The summed E-state index contributed by atoms with van der Waals surface area (Å²) in [5, 5.41) is 13.8. The van der Waals surface area contributed by atoms with Gasteiger partial charge in [-0.2, -0.15) is 0 Å². The molecule has 0 saturated carbocycles. The first-order chi connectivity index (χ1) is 8.41. The highest BCUT2D eigenvalue weighted by atomic mass is 32.2. The van der Waals surface area contributed by atoms with Crippen LogP contribution in [0.25, 0.3) is 0 Å². The fourth-order valence-electron chi connectivity index (χ4n) is 1.28. The number of carboxylic acids is 1. The number of urea groups is 1. The molecule has 0 aliphatic carbocycles. The van der Waals surface area contributed by atoms with E-state index in [2.05, 4.69) is 10.6 Å². The van der Waals surface area contributed by atoms with Crippen LogP contribution in [0.2, 0.25) is 0 Å². The standard InChI is InChI=1S/C11H22N2O4S/c1-9(4-5-10(14)15)8-13-11(16)12-6-3-7-18(2)17/h9H,3-8H2,1-2H3,(H,14,15)(H2,12,13,16). The Kier molecular flexibility index (Phi) is 9.26. The van der Waals surface area contributed by atoms with Crippen LogP contribution in [0.1, 0.15) is 26.2 Å². The van der Waals surface area contributed by atoms with Crippen molar-refractivity contribution in [1.82, 2.24) is 10.6 Å². The lowest BCUT2D eigenvalue weighted by Gasteiger charge is -2.12. The van der Waals surface area contributed by atoms with Gasteiger partial charge in [0.15, 0.2) is 0 Å². The largest absolute Gasteiger partial charge is 0.481 e. The molecule has 2 atom stereocenters. The molecule has 0 fully saturated rings. The molecule has 0 spiro atoms. The maximum atomic E-state index is 11.3. The summed E-state index contributed by atoms with van der Waals surface area (Å²) in [6.45, 7) is 2.84. The molecule has 0 bridgehead atoms. The molecule has 2 amide bonds. The van der Waals surface area contributed by atoms with E-state index in [0.717, 1.165) is 0 Å². The molecule has 0 aliphatic rings. The van der Waals surface area contributed by atoms with E-state index in [-0.39, 0.29) is 18.4 Å². The van der Waals surface area contributed by atoms with E-state index in [0.29, 0.717) is 31.7 Å². The van der Waals surface area contributed by atoms with E-state index < -0.39 is 16.8 Å². The summed E-state index contributed by atoms with van der Waals surface area (Å²) in [7, 11) is -0.826. The van der Waals surface area contributed by atoms with Gasteiger partial charge in [-0.05, 0) is 18.8 Å². The number of rotatable bonds is 9. The third-order valence-electron chi connectivity index (χ3n) is 2.36. The van der Waals surface area contributed by atoms with Crippen molar-refractivity contribution >= 4 is 22.8 Å². The van der Waals surface area contributed by atoms with E-state index in [1.807, 2.05) is 6.92 Å². The van der Waals surface area contributed by atoms with E-state index in [4.69, 9.17) is 5.11 Å². The lowest BCUT2D eigenvalue weighted by atomic mass is 10.1. The van der Waals surface area contributed by atoms with Crippen molar-refractivity contribution in [3.05, 3.63) is 0 Å². The molecule has 0 heterocycles. The predicted molar refractivity (Wildman–Crippen MR) is 71.0 cm³/mol. The van der Waals surface area contributed by atoms with Crippen LogP contribution in [0, 0.1) is 5.92 Å². The summed E-state index contributed by atoms with van der Waals surface area (Å²) in [4.78, 5) is 21.7. The molecular weight excluding hydrogens is 256 g/mol. The molecular formula is C11H22N2O4S. The molecule has 0 aromatic carbocycles. The Balaban J connectivity index is 3.51. The van der Waals surface area contributed by atoms with Gasteiger partial charge in [0.25, 0.3) is 0 Å². The van der Waals surface area contributed by atoms with Gasteiger partial charge in [0.2, 0.25) is 0 Å². The fraction of sp³-hybridized carbons (Fsp3) is 0.818. The van der Waals surface area contributed by atoms with Crippen LogP contribution in [0.3, 0.4) is 0 Å². The van der Waals surface area contributed by atoms with Crippen molar-refractivity contribution in [3.63, 3.8) is 0 Å². The van der Waals surface area contributed by atoms with Crippen molar-refractivity contribution in [2.75, 3.05) is 25.1 Å². The maximum absolute atomic E-state index is 11.3. The van der Waals surface area contributed by atoms with Crippen LogP contribution in [0.4, 0.5) is 4.79 Å². The van der Waals surface area contributed by atoms with E-state index >= 15 is 0 Å². The molecule has 0 radical (unpaired) electrons. The van der Waals surface area contributed by atoms with Crippen LogP contribution in [-0.4, -0.2) is 46.4 Å². The van der Waals surface area contributed by atoms with Gasteiger partial charge in [0, 0.05) is 42.3 Å². The van der Waals surface area contributed by atoms with Crippen molar-refractivity contribution in [3.8, 4) is 0 Å². The number of carbonyl (C=O) groups is 2. The SMILES string of the molecule is CC(CCC(=O)O)CNC(=O)NCCCS(C)=O. The topological polar surface area (TPSA) is 95.5 Å². The fourth-order valence-corrected chi connectivity index (χ4v) is 1.83. The number of hydrogen-bond acceptors (Lipinski definition) is 3. The highest BCUT2D eigenvalue weighted by Crippen LogP contribution is 2.03. The number of hydrogen-bond donors (Lipinski definition) is 3. The van der Waals surface area contributed by atoms with Crippen molar-refractivity contribution < 1.29 is 18.9 Å². The van der Waals surface area contributed by atoms with Gasteiger partial charge in [-0.1, -0.05) is 6.92 Å². The van der Waals surface area contributed by atoms with E-state index in [1.54, 1.807) is 6.26 Å².